The number of aliphatic hydroxyl groups is 1. The van der Waals surface area contributed by atoms with E-state index in [-0.39, 0.29) is 23.0 Å². The van der Waals surface area contributed by atoms with Crippen molar-refractivity contribution in [1.29, 1.82) is 0 Å². The van der Waals surface area contributed by atoms with E-state index in [0.29, 0.717) is 6.10 Å². The Kier molecular flexibility index (Phi) is 12.2. The lowest BCUT2D eigenvalue weighted by molar-refractivity contribution is -0.137. The minimum absolute atomic E-state index is 0.141. The van der Waals surface area contributed by atoms with Crippen molar-refractivity contribution >= 4 is 14.3 Å². The van der Waals surface area contributed by atoms with Crippen LogP contribution >= 0.6 is 0 Å². The summed E-state index contributed by atoms with van der Waals surface area (Å²) in [4.78, 5) is 10.7. The number of unbranched alkanes of at least 4 members (excludes halogenated alkanes) is 5. The van der Waals surface area contributed by atoms with E-state index >= 15 is 0 Å². The van der Waals surface area contributed by atoms with Crippen molar-refractivity contribution in [3.8, 4) is 0 Å². The smallest absolute Gasteiger partial charge is 0.303 e. The van der Waals surface area contributed by atoms with E-state index in [0.717, 1.165) is 57.8 Å². The Morgan fingerprint density at radius 2 is 1.81 bits per heavy atom. The molecular weight excluding hydrogens is 416 g/mol. The van der Waals surface area contributed by atoms with E-state index in [1.54, 1.807) is 0 Å². The highest BCUT2D eigenvalue weighted by atomic mass is 28.4. The molecule has 0 spiro atoms. The van der Waals surface area contributed by atoms with Crippen LogP contribution in [0.1, 0.15) is 118 Å². The van der Waals surface area contributed by atoms with Crippen molar-refractivity contribution in [2.75, 3.05) is 0 Å². The Hall–Kier alpha value is -0.653. The quantitative estimate of drug-likeness (QED) is 0.137. The van der Waals surface area contributed by atoms with Gasteiger partial charge in [0.05, 0.1) is 6.10 Å². The molecule has 2 N–H and O–H groups in total. The van der Waals surface area contributed by atoms with E-state index in [2.05, 4.69) is 53.8 Å². The third-order valence-corrected chi connectivity index (χ3v) is 12.6. The van der Waals surface area contributed by atoms with Gasteiger partial charge >= 0.3 is 5.97 Å². The van der Waals surface area contributed by atoms with Crippen molar-refractivity contribution in [2.24, 2.45) is 5.41 Å². The van der Waals surface area contributed by atoms with E-state index in [9.17, 15) is 9.90 Å². The number of aliphatic hydroxyl groups excluding tert-OH is 1. The van der Waals surface area contributed by atoms with Gasteiger partial charge in [0.1, 0.15) is 0 Å². The summed E-state index contributed by atoms with van der Waals surface area (Å²) in [6, 6.07) is 0. The number of hydrogen-bond donors (Lipinski definition) is 2. The SMILES string of the molecule is CCCCC[C@@H](CCC1=CC[C@H](O)[C@]1(C)CCCCCCC(=O)O)O[Si](C)(C)C(C)(C)C. The molecule has 0 aromatic heterocycles. The van der Waals surface area contributed by atoms with Gasteiger partial charge in [-0.05, 0) is 56.7 Å². The molecule has 5 heteroatoms. The summed E-state index contributed by atoms with van der Waals surface area (Å²) in [6.45, 7) is 16.1. The molecule has 1 aliphatic carbocycles. The largest absolute Gasteiger partial charge is 0.481 e. The molecule has 0 fully saturated rings. The molecule has 0 aromatic carbocycles. The molecule has 1 rings (SSSR count). The second-order valence-corrected chi connectivity index (χ2v) is 16.5. The van der Waals surface area contributed by atoms with Crippen LogP contribution in [-0.2, 0) is 9.22 Å². The highest BCUT2D eigenvalue weighted by molar-refractivity contribution is 6.74. The Morgan fingerprint density at radius 1 is 1.16 bits per heavy atom. The normalized spacial score (nSPS) is 22.8. The molecule has 0 radical (unpaired) electrons. The van der Waals surface area contributed by atoms with Crippen LogP contribution in [0.2, 0.25) is 18.1 Å². The minimum atomic E-state index is -1.81. The van der Waals surface area contributed by atoms with Crippen molar-refractivity contribution in [2.45, 2.75) is 148 Å². The average Bonchev–Trinajstić information content (AvgIpc) is 2.95. The molecular formula is C27H52O4Si. The molecule has 0 saturated carbocycles. The zero-order chi connectivity index (χ0) is 24.4. The fourth-order valence-corrected chi connectivity index (χ4v) is 6.01. The summed E-state index contributed by atoms with van der Waals surface area (Å²) >= 11 is 0. The summed E-state index contributed by atoms with van der Waals surface area (Å²) in [6.07, 6.45) is 15.0. The highest BCUT2D eigenvalue weighted by Gasteiger charge is 2.41. The van der Waals surface area contributed by atoms with Gasteiger partial charge in [0.2, 0.25) is 0 Å². The standard InChI is InChI=1S/C27H52O4Si/c1-8-9-12-15-23(31-32(6,7)26(2,3)4)19-17-22-18-20-24(28)27(22,5)21-14-11-10-13-16-25(29)30/h18,23-24,28H,8-17,19-21H2,1-7H3,(H,29,30)/t23-,24-,27+/m0/s1. The summed E-state index contributed by atoms with van der Waals surface area (Å²) in [5.41, 5.74) is 1.27. The monoisotopic (exact) mass is 468 g/mol. The first-order chi connectivity index (χ1) is 14.8. The van der Waals surface area contributed by atoms with Gasteiger partial charge in [-0.25, -0.2) is 0 Å². The number of carboxylic acids is 1. The number of rotatable bonds is 16. The van der Waals surface area contributed by atoms with Gasteiger partial charge in [-0.2, -0.15) is 0 Å². The van der Waals surface area contributed by atoms with Gasteiger partial charge in [0, 0.05) is 17.9 Å². The molecule has 0 aliphatic heterocycles. The molecule has 0 heterocycles. The Labute approximate surface area is 199 Å². The maximum atomic E-state index is 10.8. The highest BCUT2D eigenvalue weighted by Crippen LogP contribution is 2.46. The predicted molar refractivity (Wildman–Crippen MR) is 138 cm³/mol. The van der Waals surface area contributed by atoms with Gasteiger partial charge < -0.3 is 14.6 Å². The number of carboxylic acid groups (broad SMARTS) is 1. The van der Waals surface area contributed by atoms with Crippen LogP contribution in [0, 0.1) is 5.41 Å². The Balaban J connectivity index is 2.68. The average molecular weight is 469 g/mol. The van der Waals surface area contributed by atoms with Crippen LogP contribution in [0.4, 0.5) is 0 Å². The van der Waals surface area contributed by atoms with Gasteiger partial charge in [-0.15, -0.1) is 0 Å². The summed E-state index contributed by atoms with van der Waals surface area (Å²) < 4.78 is 6.85. The van der Waals surface area contributed by atoms with Gasteiger partial charge in [0.15, 0.2) is 8.32 Å². The molecule has 3 atom stereocenters. The second-order valence-electron chi connectivity index (χ2n) is 11.7. The first kappa shape index (κ1) is 29.4. The maximum Gasteiger partial charge on any atom is 0.303 e. The van der Waals surface area contributed by atoms with Crippen molar-refractivity contribution in [3.05, 3.63) is 11.6 Å². The lowest BCUT2D eigenvalue weighted by Crippen LogP contribution is -2.44. The Morgan fingerprint density at radius 3 is 2.41 bits per heavy atom. The van der Waals surface area contributed by atoms with Crippen molar-refractivity contribution < 1.29 is 19.4 Å². The third kappa shape index (κ3) is 9.30. The van der Waals surface area contributed by atoms with Crippen LogP contribution in [0.5, 0.6) is 0 Å². The van der Waals surface area contributed by atoms with Gasteiger partial charge in [-0.1, -0.05) is 84.8 Å². The molecule has 0 bridgehead atoms. The number of hydrogen-bond acceptors (Lipinski definition) is 3. The van der Waals surface area contributed by atoms with Crippen LogP contribution in [0.25, 0.3) is 0 Å². The molecule has 0 unspecified atom stereocenters. The minimum Gasteiger partial charge on any atom is -0.481 e. The molecule has 0 amide bonds. The molecule has 0 saturated heterocycles. The molecule has 4 nitrogen and oxygen atoms in total. The van der Waals surface area contributed by atoms with E-state index < -0.39 is 14.3 Å². The zero-order valence-corrected chi connectivity index (χ0v) is 23.1. The molecule has 1 aliphatic rings. The van der Waals surface area contributed by atoms with Crippen molar-refractivity contribution in [3.63, 3.8) is 0 Å². The van der Waals surface area contributed by atoms with Gasteiger partial charge in [-0.3, -0.25) is 4.79 Å². The number of aliphatic carboxylic acids is 1. The lowest BCUT2D eigenvalue weighted by atomic mass is 9.75. The lowest BCUT2D eigenvalue weighted by Gasteiger charge is -2.40. The summed E-state index contributed by atoms with van der Waals surface area (Å²) in [5.74, 6) is -0.707. The van der Waals surface area contributed by atoms with Crippen LogP contribution < -0.4 is 0 Å². The first-order valence-electron chi connectivity index (χ1n) is 13.1. The Bertz CT molecular complexity index is 593. The van der Waals surface area contributed by atoms with Gasteiger partial charge in [0.25, 0.3) is 0 Å². The van der Waals surface area contributed by atoms with E-state index in [4.69, 9.17) is 9.53 Å². The van der Waals surface area contributed by atoms with Crippen LogP contribution in [-0.4, -0.2) is 36.7 Å². The molecule has 32 heavy (non-hydrogen) atoms. The number of carbonyl (C=O) groups is 1. The fourth-order valence-electron chi connectivity index (χ4n) is 4.59. The summed E-state index contributed by atoms with van der Waals surface area (Å²) in [5, 5.41) is 19.8. The zero-order valence-electron chi connectivity index (χ0n) is 22.1. The summed E-state index contributed by atoms with van der Waals surface area (Å²) in [7, 11) is -1.81. The third-order valence-electron chi connectivity index (χ3n) is 8.03. The predicted octanol–water partition coefficient (Wildman–Crippen LogP) is 7.86. The fraction of sp³-hybridized carbons (Fsp3) is 0.889. The van der Waals surface area contributed by atoms with Crippen molar-refractivity contribution in [1.82, 2.24) is 0 Å². The first-order valence-corrected chi connectivity index (χ1v) is 16.0. The van der Waals surface area contributed by atoms with E-state index in [1.165, 1.54) is 24.8 Å². The van der Waals surface area contributed by atoms with Crippen LogP contribution in [0.3, 0.4) is 0 Å². The second kappa shape index (κ2) is 13.3. The maximum absolute atomic E-state index is 10.8. The molecule has 0 aromatic rings. The van der Waals surface area contributed by atoms with E-state index in [1.807, 2.05) is 0 Å². The van der Waals surface area contributed by atoms with Crippen LogP contribution in [0.15, 0.2) is 11.6 Å². The molecule has 188 valence electrons. The topological polar surface area (TPSA) is 66.8 Å².